The van der Waals surface area contributed by atoms with Crippen LogP contribution in [0.5, 0.6) is 5.75 Å². The lowest BCUT2D eigenvalue weighted by Crippen LogP contribution is -2.13. The Bertz CT molecular complexity index is 764. The van der Waals surface area contributed by atoms with E-state index in [0.29, 0.717) is 28.6 Å². The van der Waals surface area contributed by atoms with E-state index in [1.807, 2.05) is 19.1 Å². The van der Waals surface area contributed by atoms with E-state index >= 15 is 0 Å². The van der Waals surface area contributed by atoms with E-state index in [2.05, 4.69) is 5.32 Å². The molecule has 0 aliphatic carbocycles. The second-order valence-electron chi connectivity index (χ2n) is 4.64. The van der Waals surface area contributed by atoms with Crippen LogP contribution in [-0.2, 0) is 4.79 Å². The monoisotopic (exact) mass is 326 g/mol. The molecule has 116 valence electrons. The molecule has 0 saturated carbocycles. The molecule has 0 radical (unpaired) electrons. The number of carbonyl (C=O) groups is 1. The topological polar surface area (TPSA) is 62.1 Å². The molecule has 0 fully saturated rings. The number of hydrogen-bond acceptors (Lipinski definition) is 3. The first-order valence-electron chi connectivity index (χ1n) is 7.04. The lowest BCUT2D eigenvalue weighted by molar-refractivity contribution is -0.112. The van der Waals surface area contributed by atoms with Crippen molar-refractivity contribution in [2.75, 3.05) is 11.9 Å². The summed E-state index contributed by atoms with van der Waals surface area (Å²) in [5, 5.41) is 12.4. The first-order chi connectivity index (χ1) is 11.1. The Balaban J connectivity index is 2.24. The van der Waals surface area contributed by atoms with Crippen LogP contribution in [0.3, 0.4) is 0 Å². The van der Waals surface area contributed by atoms with Crippen molar-refractivity contribution in [1.82, 2.24) is 0 Å². The fourth-order valence-corrected chi connectivity index (χ4v) is 2.19. The van der Waals surface area contributed by atoms with Crippen LogP contribution in [0.25, 0.3) is 6.08 Å². The highest BCUT2D eigenvalue weighted by Gasteiger charge is 2.10. The predicted molar refractivity (Wildman–Crippen MR) is 91.3 cm³/mol. The number of hydrogen-bond donors (Lipinski definition) is 1. The van der Waals surface area contributed by atoms with Crippen molar-refractivity contribution in [2.45, 2.75) is 6.92 Å². The van der Waals surface area contributed by atoms with Gasteiger partial charge in [-0.05, 0) is 48.9 Å². The van der Waals surface area contributed by atoms with Gasteiger partial charge in [0, 0.05) is 10.7 Å². The maximum atomic E-state index is 12.2. The number of carbonyl (C=O) groups excluding carboxylic acids is 1. The summed E-state index contributed by atoms with van der Waals surface area (Å²) in [5.74, 6) is 0.114. The largest absolute Gasteiger partial charge is 0.494 e. The fourth-order valence-electron chi connectivity index (χ4n) is 1.95. The predicted octanol–water partition coefficient (Wildman–Crippen LogP) is 4.28. The van der Waals surface area contributed by atoms with Crippen molar-refractivity contribution in [3.8, 4) is 11.8 Å². The van der Waals surface area contributed by atoms with Crippen LogP contribution < -0.4 is 10.1 Å². The first kappa shape index (κ1) is 16.6. The number of ether oxygens (including phenoxy) is 1. The van der Waals surface area contributed by atoms with Crippen molar-refractivity contribution in [1.29, 1.82) is 5.26 Å². The van der Waals surface area contributed by atoms with Gasteiger partial charge in [-0.15, -0.1) is 0 Å². The van der Waals surface area contributed by atoms with Crippen molar-refractivity contribution in [3.63, 3.8) is 0 Å². The van der Waals surface area contributed by atoms with E-state index in [1.165, 1.54) is 6.08 Å². The van der Waals surface area contributed by atoms with Crippen molar-refractivity contribution < 1.29 is 9.53 Å². The molecule has 0 saturated heterocycles. The molecular formula is C18H15ClN2O2. The highest BCUT2D eigenvalue weighted by Crippen LogP contribution is 2.23. The molecule has 4 nitrogen and oxygen atoms in total. The number of nitrogens with one attached hydrogen (secondary N) is 1. The van der Waals surface area contributed by atoms with Crippen LogP contribution in [0.1, 0.15) is 12.5 Å². The second-order valence-corrected chi connectivity index (χ2v) is 5.08. The van der Waals surface area contributed by atoms with Gasteiger partial charge < -0.3 is 10.1 Å². The number of rotatable bonds is 5. The molecular weight excluding hydrogens is 312 g/mol. The smallest absolute Gasteiger partial charge is 0.266 e. The Labute approximate surface area is 140 Å². The Hall–Kier alpha value is -2.77. The highest BCUT2D eigenvalue weighted by molar-refractivity contribution is 6.30. The van der Waals surface area contributed by atoms with Crippen LogP contribution in [0.15, 0.2) is 54.1 Å². The summed E-state index contributed by atoms with van der Waals surface area (Å²) < 4.78 is 5.40. The summed E-state index contributed by atoms with van der Waals surface area (Å²) >= 11 is 6.03. The number of para-hydroxylation sites is 1. The molecule has 0 heterocycles. The van der Waals surface area contributed by atoms with Gasteiger partial charge in [-0.3, -0.25) is 4.79 Å². The van der Waals surface area contributed by atoms with Crippen LogP contribution in [0, 0.1) is 11.3 Å². The van der Waals surface area contributed by atoms with Gasteiger partial charge in [0.25, 0.3) is 5.91 Å². The zero-order chi connectivity index (χ0) is 16.7. The van der Waals surface area contributed by atoms with Gasteiger partial charge in [-0.1, -0.05) is 29.8 Å². The molecule has 0 aliphatic rings. The minimum absolute atomic E-state index is 0.0152. The summed E-state index contributed by atoms with van der Waals surface area (Å²) in [4.78, 5) is 12.2. The average molecular weight is 327 g/mol. The van der Waals surface area contributed by atoms with Gasteiger partial charge in [-0.2, -0.15) is 5.26 Å². The maximum absolute atomic E-state index is 12.2. The van der Waals surface area contributed by atoms with Gasteiger partial charge in [0.15, 0.2) is 0 Å². The van der Waals surface area contributed by atoms with Gasteiger partial charge >= 0.3 is 0 Å². The van der Waals surface area contributed by atoms with Crippen molar-refractivity contribution in [2.24, 2.45) is 0 Å². The summed E-state index contributed by atoms with van der Waals surface area (Å²) in [7, 11) is 0. The second kappa shape index (κ2) is 8.02. The standard InChI is InChI=1S/C18H15ClN2O2/c1-2-23-17-10-13(9-15(19)11-17)8-14(12-20)18(22)21-16-6-4-3-5-7-16/h3-11H,2H2,1H3,(H,21,22)/b14-8+. The number of benzene rings is 2. The molecule has 0 bridgehead atoms. The average Bonchev–Trinajstić information content (AvgIpc) is 2.53. The molecule has 23 heavy (non-hydrogen) atoms. The van der Waals surface area contributed by atoms with Crippen LogP contribution >= 0.6 is 11.6 Å². The van der Waals surface area contributed by atoms with Crippen LogP contribution in [0.2, 0.25) is 5.02 Å². The number of nitriles is 1. The van der Waals surface area contributed by atoms with E-state index in [4.69, 9.17) is 16.3 Å². The molecule has 0 aliphatic heterocycles. The third-order valence-corrected chi connectivity index (χ3v) is 3.13. The summed E-state index contributed by atoms with van der Waals surface area (Å²) in [6.07, 6.45) is 1.48. The van der Waals surface area contributed by atoms with Crippen LogP contribution in [0.4, 0.5) is 5.69 Å². The Morgan fingerprint density at radius 2 is 2.04 bits per heavy atom. The lowest BCUT2D eigenvalue weighted by atomic mass is 10.1. The van der Waals surface area contributed by atoms with Gasteiger partial charge in [0.2, 0.25) is 0 Å². The maximum Gasteiger partial charge on any atom is 0.266 e. The van der Waals surface area contributed by atoms with Gasteiger partial charge in [0.05, 0.1) is 6.61 Å². The van der Waals surface area contributed by atoms with Crippen molar-refractivity contribution >= 4 is 29.3 Å². The Morgan fingerprint density at radius 1 is 1.30 bits per heavy atom. The van der Waals surface area contributed by atoms with E-state index in [-0.39, 0.29) is 5.57 Å². The van der Waals surface area contributed by atoms with Gasteiger partial charge in [0.1, 0.15) is 17.4 Å². The van der Waals surface area contributed by atoms with E-state index in [1.54, 1.807) is 42.5 Å². The quantitative estimate of drug-likeness (QED) is 0.658. The third-order valence-electron chi connectivity index (χ3n) is 2.91. The lowest BCUT2D eigenvalue weighted by Gasteiger charge is -2.06. The molecule has 5 heteroatoms. The number of anilines is 1. The summed E-state index contributed by atoms with van der Waals surface area (Å²) in [5.41, 5.74) is 1.24. The molecule has 2 aromatic rings. The first-order valence-corrected chi connectivity index (χ1v) is 7.41. The molecule has 0 atom stereocenters. The minimum atomic E-state index is -0.475. The zero-order valence-electron chi connectivity index (χ0n) is 12.5. The van der Waals surface area contributed by atoms with E-state index in [0.717, 1.165) is 0 Å². The number of halogens is 1. The normalized spacial score (nSPS) is 10.7. The van der Waals surface area contributed by atoms with Crippen LogP contribution in [-0.4, -0.2) is 12.5 Å². The molecule has 1 N–H and O–H groups in total. The van der Waals surface area contributed by atoms with Gasteiger partial charge in [-0.25, -0.2) is 0 Å². The summed E-state index contributed by atoms with van der Waals surface area (Å²) in [6.45, 7) is 2.37. The molecule has 0 spiro atoms. The number of nitrogens with zero attached hydrogens (tertiary/aromatic N) is 1. The molecule has 2 rings (SSSR count). The Morgan fingerprint density at radius 3 is 2.70 bits per heavy atom. The molecule has 0 unspecified atom stereocenters. The molecule has 1 amide bonds. The van der Waals surface area contributed by atoms with E-state index < -0.39 is 5.91 Å². The molecule has 0 aromatic heterocycles. The fraction of sp³-hybridized carbons (Fsp3) is 0.111. The Kier molecular flexibility index (Phi) is 5.79. The van der Waals surface area contributed by atoms with E-state index in [9.17, 15) is 10.1 Å². The zero-order valence-corrected chi connectivity index (χ0v) is 13.3. The van der Waals surface area contributed by atoms with Crippen molar-refractivity contribution in [3.05, 3.63) is 64.7 Å². The summed E-state index contributed by atoms with van der Waals surface area (Å²) in [6, 6.07) is 15.9. The number of amides is 1. The highest BCUT2D eigenvalue weighted by atomic mass is 35.5. The SMILES string of the molecule is CCOc1cc(Cl)cc(/C=C(\C#N)C(=O)Nc2ccccc2)c1. The minimum Gasteiger partial charge on any atom is -0.494 e. The third kappa shape index (κ3) is 4.87. The molecule has 2 aromatic carbocycles.